The van der Waals surface area contributed by atoms with E-state index in [1.807, 2.05) is 7.05 Å². The average Bonchev–Trinajstić information content (AvgIpc) is 2.03. The van der Waals surface area contributed by atoms with Crippen molar-refractivity contribution in [3.8, 4) is 0 Å². The first-order valence-electron chi connectivity index (χ1n) is 5.51. The maximum absolute atomic E-state index is 3.20. The van der Waals surface area contributed by atoms with E-state index in [-0.39, 0.29) is 0 Å². The number of nitrogens with one attached hydrogen (secondary N) is 1. The topological polar surface area (TPSA) is 15.3 Å². The molecule has 0 saturated carbocycles. The van der Waals surface area contributed by atoms with Gasteiger partial charge in [-0.15, -0.1) is 0 Å². The standard InChI is InChI=1S/C11H24N2/c1-11(2)6-4-8-13(10-11)9-5-7-12-3/h12H,4-10H2,1-3H3. The molecule has 1 aliphatic rings. The van der Waals surface area contributed by atoms with Crippen LogP contribution in [0.15, 0.2) is 0 Å². The molecule has 1 heterocycles. The molecule has 1 saturated heterocycles. The van der Waals surface area contributed by atoms with Crippen molar-refractivity contribution in [2.45, 2.75) is 33.1 Å². The number of hydrogen-bond donors (Lipinski definition) is 1. The fourth-order valence-corrected chi connectivity index (χ4v) is 2.21. The lowest BCUT2D eigenvalue weighted by molar-refractivity contribution is 0.117. The van der Waals surface area contributed by atoms with Gasteiger partial charge in [-0.2, -0.15) is 0 Å². The van der Waals surface area contributed by atoms with Crippen LogP contribution in [0.3, 0.4) is 0 Å². The summed E-state index contributed by atoms with van der Waals surface area (Å²) in [6.45, 7) is 9.79. The van der Waals surface area contributed by atoms with Crippen LogP contribution in [0.4, 0.5) is 0 Å². The monoisotopic (exact) mass is 184 g/mol. The summed E-state index contributed by atoms with van der Waals surface area (Å²) in [6, 6.07) is 0. The number of hydrogen-bond acceptors (Lipinski definition) is 2. The highest BCUT2D eigenvalue weighted by atomic mass is 15.1. The van der Waals surface area contributed by atoms with Gasteiger partial charge in [0.2, 0.25) is 0 Å². The highest BCUT2D eigenvalue weighted by molar-refractivity contribution is 4.79. The SMILES string of the molecule is CNCCCN1CCCC(C)(C)C1. The molecule has 0 aromatic rings. The Morgan fingerprint density at radius 1 is 1.38 bits per heavy atom. The quantitative estimate of drug-likeness (QED) is 0.669. The molecule has 0 aromatic heterocycles. The van der Waals surface area contributed by atoms with E-state index >= 15 is 0 Å². The van der Waals surface area contributed by atoms with Gasteiger partial charge in [-0.3, -0.25) is 0 Å². The molecule has 1 rings (SSSR count). The van der Waals surface area contributed by atoms with Gasteiger partial charge >= 0.3 is 0 Å². The van der Waals surface area contributed by atoms with Crippen LogP contribution in [0.2, 0.25) is 0 Å². The zero-order valence-electron chi connectivity index (χ0n) is 9.40. The molecular weight excluding hydrogens is 160 g/mol. The minimum Gasteiger partial charge on any atom is -0.320 e. The van der Waals surface area contributed by atoms with Gasteiger partial charge in [0.05, 0.1) is 0 Å². The highest BCUT2D eigenvalue weighted by Crippen LogP contribution is 2.28. The van der Waals surface area contributed by atoms with Gasteiger partial charge in [-0.05, 0) is 51.4 Å². The normalized spacial score (nSPS) is 23.3. The van der Waals surface area contributed by atoms with Gasteiger partial charge in [0.1, 0.15) is 0 Å². The summed E-state index contributed by atoms with van der Waals surface area (Å²) in [5.74, 6) is 0. The predicted octanol–water partition coefficient (Wildman–Crippen LogP) is 1.72. The van der Waals surface area contributed by atoms with Crippen LogP contribution >= 0.6 is 0 Å². The molecule has 0 bridgehead atoms. The molecule has 0 atom stereocenters. The Morgan fingerprint density at radius 2 is 2.15 bits per heavy atom. The maximum Gasteiger partial charge on any atom is 0.00327 e. The summed E-state index contributed by atoms with van der Waals surface area (Å²) in [4.78, 5) is 2.61. The lowest BCUT2D eigenvalue weighted by atomic mass is 9.84. The van der Waals surface area contributed by atoms with Gasteiger partial charge in [0.15, 0.2) is 0 Å². The first-order chi connectivity index (χ1) is 6.14. The van der Waals surface area contributed by atoms with Crippen molar-refractivity contribution in [2.24, 2.45) is 5.41 Å². The Morgan fingerprint density at radius 3 is 2.77 bits per heavy atom. The van der Waals surface area contributed by atoms with Crippen molar-refractivity contribution in [1.29, 1.82) is 0 Å². The Bertz CT molecular complexity index is 143. The van der Waals surface area contributed by atoms with Crippen molar-refractivity contribution in [3.05, 3.63) is 0 Å². The fourth-order valence-electron chi connectivity index (χ4n) is 2.21. The minimum atomic E-state index is 0.553. The smallest absolute Gasteiger partial charge is 0.00327 e. The number of rotatable bonds is 4. The number of likely N-dealkylation sites (tertiary alicyclic amines) is 1. The van der Waals surface area contributed by atoms with Crippen molar-refractivity contribution in [1.82, 2.24) is 10.2 Å². The summed E-state index contributed by atoms with van der Waals surface area (Å²) in [6.07, 6.45) is 4.06. The molecule has 0 spiro atoms. The van der Waals surface area contributed by atoms with E-state index < -0.39 is 0 Å². The number of nitrogens with zero attached hydrogens (tertiary/aromatic N) is 1. The molecular formula is C11H24N2. The van der Waals surface area contributed by atoms with E-state index in [4.69, 9.17) is 0 Å². The van der Waals surface area contributed by atoms with Gasteiger partial charge in [-0.1, -0.05) is 13.8 Å². The van der Waals surface area contributed by atoms with Crippen LogP contribution in [-0.4, -0.2) is 38.1 Å². The molecule has 2 heteroatoms. The summed E-state index contributed by atoms with van der Waals surface area (Å²) >= 11 is 0. The zero-order chi connectivity index (χ0) is 9.73. The summed E-state index contributed by atoms with van der Waals surface area (Å²) in [5, 5.41) is 3.20. The second kappa shape index (κ2) is 4.97. The Kier molecular flexibility index (Phi) is 4.20. The third-order valence-electron chi connectivity index (χ3n) is 2.88. The largest absolute Gasteiger partial charge is 0.320 e. The van der Waals surface area contributed by atoms with E-state index in [0.29, 0.717) is 5.41 Å². The third-order valence-corrected chi connectivity index (χ3v) is 2.88. The summed E-state index contributed by atoms with van der Waals surface area (Å²) in [7, 11) is 2.03. The lowest BCUT2D eigenvalue weighted by Crippen LogP contribution is -2.40. The van der Waals surface area contributed by atoms with Crippen molar-refractivity contribution < 1.29 is 0 Å². The molecule has 1 aliphatic heterocycles. The highest BCUT2D eigenvalue weighted by Gasteiger charge is 2.25. The van der Waals surface area contributed by atoms with Crippen LogP contribution in [0.1, 0.15) is 33.1 Å². The molecule has 0 amide bonds. The van der Waals surface area contributed by atoms with Gasteiger partial charge in [-0.25, -0.2) is 0 Å². The summed E-state index contributed by atoms with van der Waals surface area (Å²) in [5.41, 5.74) is 0.553. The first kappa shape index (κ1) is 11.0. The molecule has 2 nitrogen and oxygen atoms in total. The van der Waals surface area contributed by atoms with Gasteiger partial charge in [0, 0.05) is 6.54 Å². The van der Waals surface area contributed by atoms with E-state index in [1.54, 1.807) is 0 Å². The van der Waals surface area contributed by atoms with Gasteiger partial charge in [0.25, 0.3) is 0 Å². The van der Waals surface area contributed by atoms with Crippen molar-refractivity contribution in [3.63, 3.8) is 0 Å². The first-order valence-corrected chi connectivity index (χ1v) is 5.51. The Hall–Kier alpha value is -0.0800. The lowest BCUT2D eigenvalue weighted by Gasteiger charge is -2.38. The Balaban J connectivity index is 2.19. The maximum atomic E-state index is 3.20. The molecule has 78 valence electrons. The molecule has 1 fully saturated rings. The summed E-state index contributed by atoms with van der Waals surface area (Å²) < 4.78 is 0. The minimum absolute atomic E-state index is 0.553. The van der Waals surface area contributed by atoms with Crippen molar-refractivity contribution in [2.75, 3.05) is 33.2 Å². The predicted molar refractivity (Wildman–Crippen MR) is 58.0 cm³/mol. The van der Waals surface area contributed by atoms with Crippen LogP contribution in [-0.2, 0) is 0 Å². The van der Waals surface area contributed by atoms with E-state index in [2.05, 4.69) is 24.1 Å². The zero-order valence-corrected chi connectivity index (χ0v) is 9.40. The van der Waals surface area contributed by atoms with Crippen molar-refractivity contribution >= 4 is 0 Å². The van der Waals surface area contributed by atoms with E-state index in [9.17, 15) is 0 Å². The molecule has 0 radical (unpaired) electrons. The van der Waals surface area contributed by atoms with Crippen LogP contribution in [0, 0.1) is 5.41 Å². The van der Waals surface area contributed by atoms with Crippen LogP contribution in [0.5, 0.6) is 0 Å². The van der Waals surface area contributed by atoms with Crippen LogP contribution in [0.25, 0.3) is 0 Å². The van der Waals surface area contributed by atoms with E-state index in [1.165, 1.54) is 38.9 Å². The Labute approximate surface area is 82.7 Å². The molecule has 0 unspecified atom stereocenters. The van der Waals surface area contributed by atoms with Gasteiger partial charge < -0.3 is 10.2 Å². The van der Waals surface area contributed by atoms with Crippen LogP contribution < -0.4 is 5.32 Å². The molecule has 1 N–H and O–H groups in total. The molecule has 0 aliphatic carbocycles. The second-order valence-corrected chi connectivity index (χ2v) is 5.00. The molecule has 0 aromatic carbocycles. The average molecular weight is 184 g/mol. The third kappa shape index (κ3) is 4.10. The fraction of sp³-hybridized carbons (Fsp3) is 1.00. The number of piperidine rings is 1. The molecule has 13 heavy (non-hydrogen) atoms. The second-order valence-electron chi connectivity index (χ2n) is 5.00. The van der Waals surface area contributed by atoms with E-state index in [0.717, 1.165) is 6.54 Å².